The van der Waals surface area contributed by atoms with Gasteiger partial charge in [0.1, 0.15) is 0 Å². The van der Waals surface area contributed by atoms with Gasteiger partial charge in [0, 0.05) is 12.1 Å². The third kappa shape index (κ3) is 3.77. The maximum atomic E-state index is 12.3. The molecular formula is C12H11F3N2O. The van der Waals surface area contributed by atoms with E-state index in [-0.39, 0.29) is 18.0 Å². The van der Waals surface area contributed by atoms with Crippen molar-refractivity contribution in [3.8, 4) is 6.07 Å². The number of hydrogen-bond donors (Lipinski definition) is 1. The van der Waals surface area contributed by atoms with Gasteiger partial charge >= 0.3 is 6.18 Å². The standard InChI is InChI=1S/C12H11F3N2O/c1-8(6-16)7-17-11(18)9-2-4-10(5-3-9)12(13,14)15/h2-5,8H,7H2,1H3,(H,17,18). The minimum absolute atomic E-state index is 0.133. The van der Waals surface area contributed by atoms with E-state index >= 15 is 0 Å². The number of nitrogens with one attached hydrogen (secondary N) is 1. The highest BCUT2D eigenvalue weighted by atomic mass is 19.4. The molecule has 3 nitrogen and oxygen atoms in total. The zero-order valence-corrected chi connectivity index (χ0v) is 9.58. The monoisotopic (exact) mass is 256 g/mol. The van der Waals surface area contributed by atoms with Crippen LogP contribution in [0.1, 0.15) is 22.8 Å². The Morgan fingerprint density at radius 1 is 1.39 bits per heavy atom. The summed E-state index contributed by atoms with van der Waals surface area (Å²) in [6.07, 6.45) is -4.41. The van der Waals surface area contributed by atoms with E-state index in [4.69, 9.17) is 5.26 Å². The van der Waals surface area contributed by atoms with Crippen LogP contribution >= 0.6 is 0 Å². The van der Waals surface area contributed by atoms with Crippen molar-refractivity contribution in [2.45, 2.75) is 13.1 Å². The van der Waals surface area contributed by atoms with Crippen LogP contribution in [0.4, 0.5) is 13.2 Å². The third-order valence-corrected chi connectivity index (χ3v) is 2.26. The second-order valence-electron chi connectivity index (χ2n) is 3.82. The normalized spacial score (nSPS) is 12.6. The Hall–Kier alpha value is -2.03. The second kappa shape index (κ2) is 5.54. The molecule has 0 heterocycles. The van der Waals surface area contributed by atoms with Crippen molar-refractivity contribution in [2.24, 2.45) is 5.92 Å². The molecule has 0 radical (unpaired) electrons. The Balaban J connectivity index is 2.69. The van der Waals surface area contributed by atoms with Gasteiger partial charge in [0.2, 0.25) is 0 Å². The fourth-order valence-corrected chi connectivity index (χ4v) is 1.20. The number of nitrogens with zero attached hydrogens (tertiary/aromatic N) is 1. The molecule has 18 heavy (non-hydrogen) atoms. The smallest absolute Gasteiger partial charge is 0.351 e. The minimum Gasteiger partial charge on any atom is -0.351 e. The first-order valence-corrected chi connectivity index (χ1v) is 5.19. The fraction of sp³-hybridized carbons (Fsp3) is 0.333. The van der Waals surface area contributed by atoms with Crippen molar-refractivity contribution in [3.05, 3.63) is 35.4 Å². The van der Waals surface area contributed by atoms with E-state index in [0.717, 1.165) is 24.3 Å². The Morgan fingerprint density at radius 3 is 2.39 bits per heavy atom. The molecule has 1 amide bonds. The van der Waals surface area contributed by atoms with Crippen molar-refractivity contribution in [3.63, 3.8) is 0 Å². The molecule has 0 aromatic heterocycles. The highest BCUT2D eigenvalue weighted by Gasteiger charge is 2.30. The zero-order chi connectivity index (χ0) is 13.8. The van der Waals surface area contributed by atoms with Crippen LogP contribution in [0.2, 0.25) is 0 Å². The molecule has 6 heteroatoms. The van der Waals surface area contributed by atoms with Gasteiger partial charge in [-0.25, -0.2) is 0 Å². The van der Waals surface area contributed by atoms with E-state index in [1.54, 1.807) is 6.92 Å². The highest BCUT2D eigenvalue weighted by molar-refractivity contribution is 5.94. The molecule has 0 spiro atoms. The average molecular weight is 256 g/mol. The average Bonchev–Trinajstić information content (AvgIpc) is 2.34. The molecule has 0 saturated heterocycles. The lowest BCUT2D eigenvalue weighted by Crippen LogP contribution is -2.27. The van der Waals surface area contributed by atoms with Gasteiger partial charge in [-0.3, -0.25) is 4.79 Å². The number of amides is 1. The van der Waals surface area contributed by atoms with Crippen molar-refractivity contribution in [2.75, 3.05) is 6.54 Å². The molecule has 1 atom stereocenters. The summed E-state index contributed by atoms with van der Waals surface area (Å²) in [5, 5.41) is 11.0. The Bertz CT molecular complexity index is 460. The lowest BCUT2D eigenvalue weighted by molar-refractivity contribution is -0.137. The lowest BCUT2D eigenvalue weighted by Gasteiger charge is -2.08. The lowest BCUT2D eigenvalue weighted by atomic mass is 10.1. The molecule has 96 valence electrons. The molecule has 0 fully saturated rings. The summed E-state index contributed by atoms with van der Waals surface area (Å²) in [7, 11) is 0. The number of carbonyl (C=O) groups is 1. The van der Waals surface area contributed by atoms with Crippen LogP contribution in [-0.2, 0) is 6.18 Å². The molecular weight excluding hydrogens is 245 g/mol. The maximum Gasteiger partial charge on any atom is 0.416 e. The van der Waals surface area contributed by atoms with Crippen LogP contribution in [0.15, 0.2) is 24.3 Å². The van der Waals surface area contributed by atoms with Crippen LogP contribution in [0.3, 0.4) is 0 Å². The fourth-order valence-electron chi connectivity index (χ4n) is 1.20. The van der Waals surface area contributed by atoms with Gasteiger partial charge in [-0.05, 0) is 31.2 Å². The van der Waals surface area contributed by atoms with E-state index < -0.39 is 17.6 Å². The predicted molar refractivity (Wildman–Crippen MR) is 58.6 cm³/mol. The van der Waals surface area contributed by atoms with E-state index in [1.807, 2.05) is 6.07 Å². The number of hydrogen-bond acceptors (Lipinski definition) is 2. The summed E-state index contributed by atoms with van der Waals surface area (Å²) in [6, 6.07) is 5.85. The SMILES string of the molecule is CC(C#N)CNC(=O)c1ccc(C(F)(F)F)cc1. The minimum atomic E-state index is -4.41. The Kier molecular flexibility index (Phi) is 4.32. The van der Waals surface area contributed by atoms with E-state index in [2.05, 4.69) is 5.32 Å². The first-order chi connectivity index (χ1) is 8.34. The maximum absolute atomic E-state index is 12.3. The molecule has 0 bridgehead atoms. The summed E-state index contributed by atoms with van der Waals surface area (Å²) in [5.74, 6) is -0.839. The van der Waals surface area contributed by atoms with Crippen molar-refractivity contribution < 1.29 is 18.0 Å². The summed E-state index contributed by atoms with van der Waals surface area (Å²) >= 11 is 0. The van der Waals surface area contributed by atoms with E-state index in [1.165, 1.54) is 0 Å². The number of alkyl halides is 3. The van der Waals surface area contributed by atoms with Crippen LogP contribution in [0.5, 0.6) is 0 Å². The van der Waals surface area contributed by atoms with E-state index in [9.17, 15) is 18.0 Å². The molecule has 1 rings (SSSR count). The van der Waals surface area contributed by atoms with Crippen LogP contribution in [-0.4, -0.2) is 12.5 Å². The second-order valence-corrected chi connectivity index (χ2v) is 3.82. The highest BCUT2D eigenvalue weighted by Crippen LogP contribution is 2.28. The van der Waals surface area contributed by atoms with Gasteiger partial charge in [0.15, 0.2) is 0 Å². The summed E-state index contributed by atoms with van der Waals surface area (Å²) in [5.41, 5.74) is -0.669. The van der Waals surface area contributed by atoms with Crippen molar-refractivity contribution in [1.29, 1.82) is 5.26 Å². The quantitative estimate of drug-likeness (QED) is 0.903. The van der Waals surface area contributed by atoms with Gasteiger partial charge in [0.25, 0.3) is 5.91 Å². The summed E-state index contributed by atoms with van der Waals surface area (Å²) < 4.78 is 36.9. The first kappa shape index (κ1) is 14.0. The molecule has 1 unspecified atom stereocenters. The number of halogens is 3. The molecule has 1 N–H and O–H groups in total. The topological polar surface area (TPSA) is 52.9 Å². The number of rotatable bonds is 3. The van der Waals surface area contributed by atoms with Gasteiger partial charge < -0.3 is 5.32 Å². The van der Waals surface area contributed by atoms with Crippen LogP contribution in [0, 0.1) is 17.2 Å². The van der Waals surface area contributed by atoms with Gasteiger partial charge in [-0.2, -0.15) is 18.4 Å². The predicted octanol–water partition coefficient (Wildman–Crippen LogP) is 2.59. The summed E-state index contributed by atoms with van der Waals surface area (Å²) in [4.78, 5) is 11.5. The number of benzene rings is 1. The molecule has 1 aromatic carbocycles. The molecule has 0 aliphatic rings. The molecule has 0 aliphatic carbocycles. The summed E-state index contributed by atoms with van der Waals surface area (Å²) in [6.45, 7) is 1.80. The van der Waals surface area contributed by atoms with Crippen LogP contribution in [0.25, 0.3) is 0 Å². The van der Waals surface area contributed by atoms with E-state index in [0.29, 0.717) is 0 Å². The molecule has 0 saturated carbocycles. The number of nitriles is 1. The zero-order valence-electron chi connectivity index (χ0n) is 9.58. The Morgan fingerprint density at radius 2 is 1.94 bits per heavy atom. The van der Waals surface area contributed by atoms with Crippen molar-refractivity contribution >= 4 is 5.91 Å². The molecule has 0 aliphatic heterocycles. The third-order valence-electron chi connectivity index (χ3n) is 2.26. The van der Waals surface area contributed by atoms with Crippen molar-refractivity contribution in [1.82, 2.24) is 5.32 Å². The number of carbonyl (C=O) groups excluding carboxylic acids is 1. The molecule has 1 aromatic rings. The van der Waals surface area contributed by atoms with Crippen LogP contribution < -0.4 is 5.32 Å². The van der Waals surface area contributed by atoms with Gasteiger partial charge in [-0.15, -0.1) is 0 Å². The largest absolute Gasteiger partial charge is 0.416 e. The van der Waals surface area contributed by atoms with Gasteiger partial charge in [-0.1, -0.05) is 0 Å². The first-order valence-electron chi connectivity index (χ1n) is 5.19. The van der Waals surface area contributed by atoms with Gasteiger partial charge in [0.05, 0.1) is 17.6 Å². The Labute approximate surface area is 102 Å².